The molecule has 0 radical (unpaired) electrons. The van der Waals surface area contributed by atoms with Gasteiger partial charge in [0.05, 0.1) is 12.2 Å². The lowest BCUT2D eigenvalue weighted by Gasteiger charge is -2.27. The minimum atomic E-state index is 0.0329. The number of carbonyl (C=O) groups excluding carboxylic acids is 1. The van der Waals surface area contributed by atoms with Crippen molar-refractivity contribution in [3.05, 3.63) is 45.7 Å². The van der Waals surface area contributed by atoms with Crippen LogP contribution in [0.3, 0.4) is 0 Å². The summed E-state index contributed by atoms with van der Waals surface area (Å²) in [6, 6.07) is 3.51. The number of imidazole rings is 1. The number of halogens is 1. The van der Waals surface area contributed by atoms with Crippen molar-refractivity contribution >= 4 is 21.8 Å². The third-order valence-corrected chi connectivity index (χ3v) is 4.50. The molecule has 5 nitrogen and oxygen atoms in total. The van der Waals surface area contributed by atoms with Gasteiger partial charge in [-0.05, 0) is 28.1 Å². The zero-order valence-electron chi connectivity index (χ0n) is 13.0. The number of carbonyl (C=O) groups is 1. The molecule has 0 aliphatic carbocycles. The van der Waals surface area contributed by atoms with Gasteiger partial charge in [-0.2, -0.15) is 0 Å². The maximum absolute atomic E-state index is 12.6. The van der Waals surface area contributed by atoms with Gasteiger partial charge in [0.15, 0.2) is 0 Å². The molecule has 1 aliphatic rings. The summed E-state index contributed by atoms with van der Waals surface area (Å²) < 4.78 is 2.86. The van der Waals surface area contributed by atoms with Gasteiger partial charge in [0, 0.05) is 43.4 Å². The van der Waals surface area contributed by atoms with E-state index in [0.717, 1.165) is 24.5 Å². The molecular formula is C16H19BrN4O. The highest BCUT2D eigenvalue weighted by Crippen LogP contribution is 2.24. The highest BCUT2D eigenvalue weighted by Gasteiger charge is 2.26. The van der Waals surface area contributed by atoms with Crippen LogP contribution in [0, 0.1) is 0 Å². The van der Waals surface area contributed by atoms with Crippen LogP contribution in [0.5, 0.6) is 0 Å². The molecule has 0 unspecified atom stereocenters. The molecule has 116 valence electrons. The van der Waals surface area contributed by atoms with E-state index >= 15 is 0 Å². The van der Waals surface area contributed by atoms with Crippen molar-refractivity contribution in [3.63, 3.8) is 0 Å². The van der Waals surface area contributed by atoms with Crippen LogP contribution in [0.25, 0.3) is 0 Å². The van der Waals surface area contributed by atoms with E-state index in [9.17, 15) is 4.79 Å². The lowest BCUT2D eigenvalue weighted by atomic mass is 10.1. The van der Waals surface area contributed by atoms with Crippen LogP contribution in [0.2, 0.25) is 0 Å². The normalized spacial score (nSPS) is 14.3. The first-order chi connectivity index (χ1) is 10.5. The molecule has 0 saturated heterocycles. The minimum absolute atomic E-state index is 0.0329. The lowest BCUT2D eigenvalue weighted by Crippen LogP contribution is -2.36. The van der Waals surface area contributed by atoms with Crippen LogP contribution < -0.4 is 0 Å². The highest BCUT2D eigenvalue weighted by atomic mass is 79.9. The van der Waals surface area contributed by atoms with Crippen LogP contribution in [-0.4, -0.2) is 31.9 Å². The topological polar surface area (TPSA) is 51.0 Å². The SMILES string of the molecule is CC(C)c1nc2c(n1C)CCN(C(=O)c1ccnc(Br)c1)C2. The Morgan fingerprint density at radius 2 is 2.18 bits per heavy atom. The molecule has 2 aromatic heterocycles. The summed E-state index contributed by atoms with van der Waals surface area (Å²) in [6.07, 6.45) is 2.49. The minimum Gasteiger partial charge on any atom is -0.334 e. The summed E-state index contributed by atoms with van der Waals surface area (Å²) >= 11 is 3.31. The Kier molecular flexibility index (Phi) is 4.04. The summed E-state index contributed by atoms with van der Waals surface area (Å²) in [6.45, 7) is 5.59. The Balaban J connectivity index is 1.85. The Hall–Kier alpha value is -1.69. The number of amides is 1. The smallest absolute Gasteiger partial charge is 0.254 e. The molecule has 6 heteroatoms. The van der Waals surface area contributed by atoms with Crippen LogP contribution in [0.15, 0.2) is 22.9 Å². The molecule has 0 N–H and O–H groups in total. The molecule has 3 heterocycles. The molecule has 0 saturated carbocycles. The molecule has 0 aromatic carbocycles. The van der Waals surface area contributed by atoms with E-state index in [1.807, 2.05) is 4.90 Å². The van der Waals surface area contributed by atoms with Gasteiger partial charge in [0.1, 0.15) is 10.4 Å². The van der Waals surface area contributed by atoms with Gasteiger partial charge >= 0.3 is 0 Å². The summed E-state index contributed by atoms with van der Waals surface area (Å²) in [5.41, 5.74) is 2.94. The molecule has 2 aromatic rings. The second kappa shape index (κ2) is 5.83. The van der Waals surface area contributed by atoms with E-state index in [1.54, 1.807) is 18.3 Å². The zero-order valence-corrected chi connectivity index (χ0v) is 14.6. The summed E-state index contributed by atoms with van der Waals surface area (Å²) in [7, 11) is 2.07. The monoisotopic (exact) mass is 362 g/mol. The van der Waals surface area contributed by atoms with Crippen molar-refractivity contribution in [2.45, 2.75) is 32.7 Å². The first-order valence-corrected chi connectivity index (χ1v) is 8.22. The summed E-state index contributed by atoms with van der Waals surface area (Å²) in [4.78, 5) is 23.3. The number of nitrogens with zero attached hydrogens (tertiary/aromatic N) is 4. The predicted octanol–water partition coefficient (Wildman–Crippen LogP) is 2.90. The second-order valence-corrected chi connectivity index (χ2v) is 6.73. The maximum atomic E-state index is 12.6. The largest absolute Gasteiger partial charge is 0.334 e. The first kappa shape index (κ1) is 15.2. The van der Waals surface area contributed by atoms with Gasteiger partial charge in [-0.3, -0.25) is 4.79 Å². The van der Waals surface area contributed by atoms with Gasteiger partial charge < -0.3 is 9.47 Å². The Labute approximate surface area is 138 Å². The van der Waals surface area contributed by atoms with Crippen molar-refractivity contribution in [1.29, 1.82) is 0 Å². The van der Waals surface area contributed by atoms with E-state index < -0.39 is 0 Å². The lowest BCUT2D eigenvalue weighted by molar-refractivity contribution is 0.0731. The third-order valence-electron chi connectivity index (χ3n) is 4.07. The van der Waals surface area contributed by atoms with Gasteiger partial charge in [-0.15, -0.1) is 0 Å². The van der Waals surface area contributed by atoms with Crippen LogP contribution >= 0.6 is 15.9 Å². The van der Waals surface area contributed by atoms with Crippen LogP contribution in [-0.2, 0) is 20.0 Å². The molecule has 1 amide bonds. The molecule has 22 heavy (non-hydrogen) atoms. The fourth-order valence-corrected chi connectivity index (χ4v) is 3.32. The van der Waals surface area contributed by atoms with E-state index in [4.69, 9.17) is 4.98 Å². The average Bonchev–Trinajstić information content (AvgIpc) is 2.83. The van der Waals surface area contributed by atoms with Gasteiger partial charge in [0.25, 0.3) is 5.91 Å². The van der Waals surface area contributed by atoms with Gasteiger partial charge in [-0.25, -0.2) is 9.97 Å². The van der Waals surface area contributed by atoms with Crippen LogP contribution in [0.4, 0.5) is 0 Å². The fourth-order valence-electron chi connectivity index (χ4n) is 2.96. The average molecular weight is 363 g/mol. The molecule has 3 rings (SSSR count). The molecule has 0 atom stereocenters. The summed E-state index contributed by atoms with van der Waals surface area (Å²) in [5, 5.41) is 0. The van der Waals surface area contributed by atoms with Gasteiger partial charge in [-0.1, -0.05) is 13.8 Å². The molecule has 0 bridgehead atoms. The van der Waals surface area contributed by atoms with E-state index in [0.29, 0.717) is 22.6 Å². The van der Waals surface area contributed by atoms with Crippen molar-refractivity contribution in [2.75, 3.05) is 6.54 Å². The Morgan fingerprint density at radius 3 is 2.86 bits per heavy atom. The molecular weight excluding hydrogens is 344 g/mol. The first-order valence-electron chi connectivity index (χ1n) is 7.42. The number of rotatable bonds is 2. The van der Waals surface area contributed by atoms with Crippen molar-refractivity contribution in [1.82, 2.24) is 19.4 Å². The molecule has 0 fully saturated rings. The third kappa shape index (κ3) is 2.67. The summed E-state index contributed by atoms with van der Waals surface area (Å²) in [5.74, 6) is 1.51. The van der Waals surface area contributed by atoms with Crippen LogP contribution in [0.1, 0.15) is 47.3 Å². The van der Waals surface area contributed by atoms with Crippen molar-refractivity contribution in [3.8, 4) is 0 Å². The standard InChI is InChI=1S/C16H19BrN4O/c1-10(2)15-19-12-9-21(7-5-13(12)20(15)3)16(22)11-4-6-18-14(17)8-11/h4,6,8,10H,5,7,9H2,1-3H3. The number of aromatic nitrogens is 3. The van der Waals surface area contributed by atoms with Crippen molar-refractivity contribution < 1.29 is 4.79 Å². The van der Waals surface area contributed by atoms with E-state index in [-0.39, 0.29) is 5.91 Å². The fraction of sp³-hybridized carbons (Fsp3) is 0.438. The number of fused-ring (bicyclic) bond motifs is 1. The zero-order chi connectivity index (χ0) is 15.9. The van der Waals surface area contributed by atoms with E-state index in [1.165, 1.54) is 5.69 Å². The Bertz CT molecular complexity index is 723. The number of hydrogen-bond acceptors (Lipinski definition) is 3. The maximum Gasteiger partial charge on any atom is 0.254 e. The van der Waals surface area contributed by atoms with Gasteiger partial charge in [0.2, 0.25) is 0 Å². The number of hydrogen-bond donors (Lipinski definition) is 0. The predicted molar refractivity (Wildman–Crippen MR) is 87.7 cm³/mol. The number of pyridine rings is 1. The second-order valence-electron chi connectivity index (χ2n) is 5.92. The molecule has 1 aliphatic heterocycles. The highest BCUT2D eigenvalue weighted by molar-refractivity contribution is 9.10. The Morgan fingerprint density at radius 1 is 1.41 bits per heavy atom. The quantitative estimate of drug-likeness (QED) is 0.771. The molecule has 0 spiro atoms. The van der Waals surface area contributed by atoms with E-state index in [2.05, 4.69) is 46.4 Å². The van der Waals surface area contributed by atoms with Crippen molar-refractivity contribution in [2.24, 2.45) is 7.05 Å².